The Morgan fingerprint density at radius 1 is 1.00 bits per heavy atom. The number of nitrogens with one attached hydrogen (secondary N) is 1. The fourth-order valence-electron chi connectivity index (χ4n) is 3.00. The highest BCUT2D eigenvalue weighted by atomic mass is 79.9. The second kappa shape index (κ2) is 12.0. The van der Waals surface area contributed by atoms with Crippen LogP contribution < -0.4 is 24.4 Å². The van der Waals surface area contributed by atoms with E-state index in [1.165, 1.54) is 32.6 Å². The summed E-state index contributed by atoms with van der Waals surface area (Å²) >= 11 is 3.48. The number of nitrogens with zero attached hydrogens (tertiary/aromatic N) is 1. The minimum absolute atomic E-state index is 0.240. The van der Waals surface area contributed by atoms with Crippen LogP contribution >= 0.6 is 15.9 Å². The van der Waals surface area contributed by atoms with Gasteiger partial charge in [-0.15, -0.1) is 0 Å². The van der Waals surface area contributed by atoms with Gasteiger partial charge in [-0.1, -0.05) is 12.1 Å². The molecule has 0 aliphatic heterocycles. The van der Waals surface area contributed by atoms with Gasteiger partial charge in [-0.05, 0) is 76.4 Å². The van der Waals surface area contributed by atoms with Gasteiger partial charge in [-0.2, -0.15) is 5.10 Å². The van der Waals surface area contributed by atoms with E-state index in [-0.39, 0.29) is 12.4 Å². The smallest absolute Gasteiger partial charge is 0.271 e. The third kappa shape index (κ3) is 6.48. The Bertz CT molecular complexity index is 1170. The summed E-state index contributed by atoms with van der Waals surface area (Å²) in [6.45, 7) is 2.60. The van der Waals surface area contributed by atoms with E-state index in [4.69, 9.17) is 18.9 Å². The van der Waals surface area contributed by atoms with E-state index < -0.39 is 5.91 Å². The summed E-state index contributed by atoms with van der Waals surface area (Å²) in [6, 6.07) is 14.4. The zero-order valence-corrected chi connectivity index (χ0v) is 20.5. The lowest BCUT2D eigenvalue weighted by Gasteiger charge is -2.13. The largest absolute Gasteiger partial charge is 0.493 e. The van der Waals surface area contributed by atoms with Gasteiger partial charge in [0.15, 0.2) is 23.0 Å². The molecule has 3 rings (SSSR count). The first kappa shape index (κ1) is 25.0. The minimum Gasteiger partial charge on any atom is -0.493 e. The number of carbonyl (C=O) groups excluding carboxylic acids is 1. The van der Waals surface area contributed by atoms with Crippen LogP contribution in [0.4, 0.5) is 4.39 Å². The van der Waals surface area contributed by atoms with Gasteiger partial charge < -0.3 is 18.9 Å². The van der Waals surface area contributed by atoms with Crippen molar-refractivity contribution >= 4 is 28.1 Å². The number of halogens is 2. The average Bonchev–Trinajstić information content (AvgIpc) is 2.84. The van der Waals surface area contributed by atoms with Crippen molar-refractivity contribution < 1.29 is 28.1 Å². The molecule has 0 saturated heterocycles. The van der Waals surface area contributed by atoms with Crippen LogP contribution in [0.15, 0.2) is 64.2 Å². The Balaban J connectivity index is 1.68. The van der Waals surface area contributed by atoms with E-state index in [9.17, 15) is 9.18 Å². The Kier molecular flexibility index (Phi) is 8.86. The summed E-state index contributed by atoms with van der Waals surface area (Å²) in [6.07, 6.45) is 1.49. The number of rotatable bonds is 10. The van der Waals surface area contributed by atoms with Gasteiger partial charge in [-0.25, -0.2) is 9.82 Å². The molecule has 0 heterocycles. The van der Waals surface area contributed by atoms with Gasteiger partial charge in [-0.3, -0.25) is 4.79 Å². The van der Waals surface area contributed by atoms with Gasteiger partial charge in [0.1, 0.15) is 12.4 Å². The average molecular weight is 531 g/mol. The maximum Gasteiger partial charge on any atom is 0.271 e. The van der Waals surface area contributed by atoms with E-state index in [2.05, 4.69) is 26.5 Å². The number of hydrazone groups is 1. The third-order valence-corrected chi connectivity index (χ3v) is 5.24. The van der Waals surface area contributed by atoms with Crippen LogP contribution in [0.25, 0.3) is 0 Å². The molecule has 0 aliphatic rings. The van der Waals surface area contributed by atoms with Crippen molar-refractivity contribution in [2.75, 3.05) is 20.8 Å². The van der Waals surface area contributed by atoms with Crippen molar-refractivity contribution in [2.24, 2.45) is 5.10 Å². The lowest BCUT2D eigenvalue weighted by Crippen LogP contribution is -2.17. The number of carbonyl (C=O) groups is 1. The maximum atomic E-state index is 13.1. The Morgan fingerprint density at radius 2 is 1.74 bits per heavy atom. The Morgan fingerprint density at radius 3 is 2.41 bits per heavy atom. The third-order valence-electron chi connectivity index (χ3n) is 4.65. The van der Waals surface area contributed by atoms with Crippen LogP contribution in [-0.2, 0) is 6.61 Å². The zero-order valence-electron chi connectivity index (χ0n) is 18.9. The molecule has 1 amide bonds. The highest BCUT2D eigenvalue weighted by molar-refractivity contribution is 9.10. The first-order valence-electron chi connectivity index (χ1n) is 10.3. The lowest BCUT2D eigenvalue weighted by atomic mass is 10.2. The Labute approximate surface area is 205 Å². The van der Waals surface area contributed by atoms with E-state index >= 15 is 0 Å². The molecule has 7 nitrogen and oxygen atoms in total. The number of hydrogen-bond acceptors (Lipinski definition) is 6. The second-order valence-corrected chi connectivity index (χ2v) is 7.80. The van der Waals surface area contributed by atoms with Crippen LogP contribution in [0.3, 0.4) is 0 Å². The normalized spacial score (nSPS) is 10.7. The SMILES string of the molecule is CCOc1ccc(C(=O)N/N=C/c2cc(Br)c(OCc3ccc(F)cc3)c(OC)c2)cc1OC. The van der Waals surface area contributed by atoms with Crippen LogP contribution in [0.1, 0.15) is 28.4 Å². The van der Waals surface area contributed by atoms with E-state index in [1.807, 2.05) is 6.92 Å². The topological polar surface area (TPSA) is 78.4 Å². The van der Waals surface area contributed by atoms with Crippen LogP contribution in [0, 0.1) is 5.82 Å². The first-order chi connectivity index (χ1) is 16.4. The number of ether oxygens (including phenoxy) is 4. The van der Waals surface area contributed by atoms with Crippen LogP contribution in [-0.4, -0.2) is 32.9 Å². The molecule has 178 valence electrons. The fourth-order valence-corrected chi connectivity index (χ4v) is 3.58. The molecular weight excluding hydrogens is 507 g/mol. The van der Waals surface area contributed by atoms with Crippen LogP contribution in [0.2, 0.25) is 0 Å². The molecular formula is C25H24BrFN2O5. The number of amides is 1. The van der Waals surface area contributed by atoms with Gasteiger partial charge in [0.25, 0.3) is 5.91 Å². The quantitative estimate of drug-likeness (QED) is 0.282. The number of hydrogen-bond donors (Lipinski definition) is 1. The summed E-state index contributed by atoms with van der Waals surface area (Å²) < 4.78 is 35.8. The number of methoxy groups -OCH3 is 2. The summed E-state index contributed by atoms with van der Waals surface area (Å²) in [4.78, 5) is 12.5. The lowest BCUT2D eigenvalue weighted by molar-refractivity contribution is 0.0954. The monoisotopic (exact) mass is 530 g/mol. The predicted molar refractivity (Wildman–Crippen MR) is 131 cm³/mol. The van der Waals surface area contributed by atoms with Crippen molar-refractivity contribution in [3.8, 4) is 23.0 Å². The van der Waals surface area contributed by atoms with Crippen molar-refractivity contribution in [1.29, 1.82) is 0 Å². The highest BCUT2D eigenvalue weighted by Crippen LogP contribution is 2.37. The van der Waals surface area contributed by atoms with Crippen molar-refractivity contribution in [3.05, 3.63) is 81.6 Å². The van der Waals surface area contributed by atoms with Crippen molar-refractivity contribution in [1.82, 2.24) is 5.43 Å². The Hall–Kier alpha value is -3.59. The van der Waals surface area contributed by atoms with E-state index in [1.54, 1.807) is 42.5 Å². The molecule has 0 unspecified atom stereocenters. The molecule has 1 N–H and O–H groups in total. The molecule has 0 spiro atoms. The summed E-state index contributed by atoms with van der Waals surface area (Å²) in [5.41, 5.74) is 4.35. The van der Waals surface area contributed by atoms with Gasteiger partial charge in [0.2, 0.25) is 0 Å². The standard InChI is InChI=1S/C25H24BrFN2O5/c1-4-33-21-10-7-18(13-22(21)31-2)25(30)29-28-14-17-11-20(26)24(23(12-17)32-3)34-15-16-5-8-19(27)9-6-16/h5-14H,4,15H2,1-3H3,(H,29,30)/b28-14+. The fraction of sp³-hybridized carbons (Fsp3) is 0.200. The first-order valence-corrected chi connectivity index (χ1v) is 11.1. The maximum absolute atomic E-state index is 13.1. The van der Waals surface area contributed by atoms with Crippen LogP contribution in [0.5, 0.6) is 23.0 Å². The summed E-state index contributed by atoms with van der Waals surface area (Å²) in [7, 11) is 3.03. The molecule has 3 aromatic rings. The zero-order chi connectivity index (χ0) is 24.5. The molecule has 9 heteroatoms. The minimum atomic E-state index is -0.400. The highest BCUT2D eigenvalue weighted by Gasteiger charge is 2.13. The van der Waals surface area contributed by atoms with E-state index in [0.29, 0.717) is 45.2 Å². The molecule has 0 bridgehead atoms. The molecule has 0 aliphatic carbocycles. The predicted octanol–water partition coefficient (Wildman–Crippen LogP) is 5.35. The molecule has 3 aromatic carbocycles. The molecule has 0 saturated carbocycles. The van der Waals surface area contributed by atoms with E-state index in [0.717, 1.165) is 5.56 Å². The van der Waals surface area contributed by atoms with Crippen molar-refractivity contribution in [3.63, 3.8) is 0 Å². The molecule has 34 heavy (non-hydrogen) atoms. The van der Waals surface area contributed by atoms with Crippen molar-refractivity contribution in [2.45, 2.75) is 13.5 Å². The van der Waals surface area contributed by atoms with Gasteiger partial charge >= 0.3 is 0 Å². The van der Waals surface area contributed by atoms with Gasteiger partial charge in [0, 0.05) is 5.56 Å². The summed E-state index contributed by atoms with van der Waals surface area (Å²) in [5, 5.41) is 4.03. The summed E-state index contributed by atoms with van der Waals surface area (Å²) in [5.74, 6) is 1.28. The molecule has 0 radical (unpaired) electrons. The molecule has 0 aromatic heterocycles. The second-order valence-electron chi connectivity index (χ2n) is 6.95. The molecule has 0 atom stereocenters. The van der Waals surface area contributed by atoms with Gasteiger partial charge in [0.05, 0.1) is 31.5 Å². The number of benzene rings is 3. The molecule has 0 fully saturated rings.